The molecule has 34 heavy (non-hydrogen) atoms. The van der Waals surface area contributed by atoms with Crippen molar-refractivity contribution >= 4 is 11.8 Å². The summed E-state index contributed by atoms with van der Waals surface area (Å²) < 4.78 is 118. The maximum absolute atomic E-state index is 13.2. The second-order valence-electron chi connectivity index (χ2n) is 7.86. The van der Waals surface area contributed by atoms with Crippen molar-refractivity contribution in [2.45, 2.75) is 50.5 Å². The van der Waals surface area contributed by atoms with Crippen LogP contribution in [0.5, 0.6) is 0 Å². The minimum atomic E-state index is -5.05. The molecule has 0 aliphatic carbocycles. The van der Waals surface area contributed by atoms with Gasteiger partial charge in [-0.15, -0.1) is 0 Å². The maximum Gasteiger partial charge on any atom is 0.416 e. The van der Waals surface area contributed by atoms with E-state index in [1.54, 1.807) is 0 Å². The van der Waals surface area contributed by atoms with Gasteiger partial charge in [-0.3, -0.25) is 4.90 Å². The van der Waals surface area contributed by atoms with E-state index in [-0.39, 0.29) is 29.3 Å². The molecule has 0 bridgehead atoms. The van der Waals surface area contributed by atoms with Crippen LogP contribution in [0, 0.1) is 0 Å². The second kappa shape index (κ2) is 8.67. The monoisotopic (exact) mass is 500 g/mol. The Kier molecular flexibility index (Phi) is 6.55. The molecule has 1 heterocycles. The normalized spacial score (nSPS) is 19.2. The molecule has 2 N–H and O–H groups in total. The number of alkyl halides is 9. The van der Waals surface area contributed by atoms with Crippen LogP contribution in [0.4, 0.5) is 50.0 Å². The largest absolute Gasteiger partial charge is 0.465 e. The van der Waals surface area contributed by atoms with Gasteiger partial charge >= 0.3 is 24.6 Å². The summed E-state index contributed by atoms with van der Waals surface area (Å²) in [7, 11) is 0. The molecule has 3 rings (SSSR count). The summed E-state index contributed by atoms with van der Waals surface area (Å²) >= 11 is 0. The number of fused-ring (bicyclic) bond motifs is 1. The Bertz CT molecular complexity index is 1050. The number of hydrogen-bond donors (Lipinski definition) is 2. The first-order chi connectivity index (χ1) is 15.5. The van der Waals surface area contributed by atoms with Crippen LogP contribution in [-0.4, -0.2) is 17.2 Å². The Labute approximate surface area is 187 Å². The highest BCUT2D eigenvalue weighted by Crippen LogP contribution is 2.41. The van der Waals surface area contributed by atoms with Gasteiger partial charge in [0.1, 0.15) is 0 Å². The van der Waals surface area contributed by atoms with Gasteiger partial charge in [0.2, 0.25) is 0 Å². The Morgan fingerprint density at radius 1 is 0.912 bits per heavy atom. The molecule has 2 atom stereocenters. The number of rotatable bonds is 3. The van der Waals surface area contributed by atoms with Gasteiger partial charge in [0, 0.05) is 18.6 Å². The summed E-state index contributed by atoms with van der Waals surface area (Å²) in [5.74, 6) is 0. The minimum absolute atomic E-state index is 0.0260. The van der Waals surface area contributed by atoms with Crippen LogP contribution in [0.15, 0.2) is 36.4 Å². The quantitative estimate of drug-likeness (QED) is 0.454. The van der Waals surface area contributed by atoms with E-state index in [1.807, 2.05) is 0 Å². The van der Waals surface area contributed by atoms with E-state index in [2.05, 4.69) is 5.32 Å². The Hall–Kier alpha value is -2.96. The number of carbonyl (C=O) groups is 1. The van der Waals surface area contributed by atoms with Gasteiger partial charge in [-0.05, 0) is 60.9 Å². The van der Waals surface area contributed by atoms with Gasteiger partial charge in [0.25, 0.3) is 0 Å². The SMILES string of the molecule is C[C@@H]1C[C@H](NCc2cc(C(F)(F)F)cc(C(F)(F)F)c2)c2cc(C(F)(F)F)ccc2N1C(=O)O. The number of carboxylic acid groups (broad SMARTS) is 1. The fraction of sp³-hybridized carbons (Fsp3) is 0.381. The molecular weight excluding hydrogens is 483 g/mol. The Morgan fingerprint density at radius 3 is 1.91 bits per heavy atom. The number of amides is 1. The summed E-state index contributed by atoms with van der Waals surface area (Å²) in [6.45, 7) is 0.947. The van der Waals surface area contributed by atoms with Crippen LogP contribution in [0.2, 0.25) is 0 Å². The second-order valence-corrected chi connectivity index (χ2v) is 7.86. The maximum atomic E-state index is 13.2. The summed E-state index contributed by atoms with van der Waals surface area (Å²) in [6, 6.07) is 1.72. The smallest absolute Gasteiger partial charge is 0.416 e. The molecule has 0 saturated carbocycles. The molecule has 0 unspecified atom stereocenters. The van der Waals surface area contributed by atoms with Crippen molar-refractivity contribution in [3.63, 3.8) is 0 Å². The zero-order valence-corrected chi connectivity index (χ0v) is 17.2. The molecule has 4 nitrogen and oxygen atoms in total. The molecule has 1 amide bonds. The zero-order chi connectivity index (χ0) is 25.6. The van der Waals surface area contributed by atoms with E-state index < -0.39 is 59.9 Å². The van der Waals surface area contributed by atoms with Gasteiger partial charge in [-0.1, -0.05) is 0 Å². The van der Waals surface area contributed by atoms with Crippen LogP contribution in [0.25, 0.3) is 0 Å². The van der Waals surface area contributed by atoms with Crippen molar-refractivity contribution in [2.24, 2.45) is 0 Å². The standard InChI is InChI=1S/C21H17F9N2O2/c1-10-4-16(15-8-12(19(22,23)24)2-3-17(15)32(10)18(33)34)31-9-11-5-13(20(25,26)27)7-14(6-11)21(28,29)30/h2-3,5-8,10,16,31H,4,9H2,1H3,(H,33,34)/t10-,16+/m1/s1. The van der Waals surface area contributed by atoms with E-state index in [4.69, 9.17) is 0 Å². The highest BCUT2D eigenvalue weighted by atomic mass is 19.4. The lowest BCUT2D eigenvalue weighted by atomic mass is 9.90. The molecule has 13 heteroatoms. The average Bonchev–Trinajstić information content (AvgIpc) is 2.69. The molecule has 0 saturated heterocycles. The predicted octanol–water partition coefficient (Wildman–Crippen LogP) is 6.85. The van der Waals surface area contributed by atoms with Crippen molar-refractivity contribution in [1.82, 2.24) is 5.32 Å². The third kappa shape index (κ3) is 5.40. The first kappa shape index (κ1) is 25.7. The summed E-state index contributed by atoms with van der Waals surface area (Å²) in [6.07, 6.45) is -16.3. The van der Waals surface area contributed by atoms with Crippen LogP contribution < -0.4 is 10.2 Å². The fourth-order valence-electron chi connectivity index (χ4n) is 3.89. The number of halogens is 9. The minimum Gasteiger partial charge on any atom is -0.465 e. The summed E-state index contributed by atoms with van der Waals surface area (Å²) in [5.41, 5.74) is -4.64. The Balaban J connectivity index is 1.99. The molecule has 1 aliphatic heterocycles. The third-order valence-electron chi connectivity index (χ3n) is 5.41. The van der Waals surface area contributed by atoms with Gasteiger partial charge < -0.3 is 10.4 Å². The van der Waals surface area contributed by atoms with E-state index in [9.17, 15) is 49.4 Å². The highest BCUT2D eigenvalue weighted by molar-refractivity contribution is 5.88. The lowest BCUT2D eigenvalue weighted by Crippen LogP contribution is -2.45. The molecule has 186 valence electrons. The van der Waals surface area contributed by atoms with Crippen LogP contribution in [0.3, 0.4) is 0 Å². The van der Waals surface area contributed by atoms with Gasteiger partial charge in [-0.2, -0.15) is 39.5 Å². The molecule has 2 aromatic carbocycles. The first-order valence-corrected chi connectivity index (χ1v) is 9.73. The lowest BCUT2D eigenvalue weighted by Gasteiger charge is -2.38. The zero-order valence-electron chi connectivity index (χ0n) is 17.2. The molecule has 0 spiro atoms. The molecule has 1 aliphatic rings. The van der Waals surface area contributed by atoms with Gasteiger partial charge in [0.15, 0.2) is 0 Å². The van der Waals surface area contributed by atoms with Crippen LogP contribution in [-0.2, 0) is 25.1 Å². The fourth-order valence-corrected chi connectivity index (χ4v) is 3.89. The van der Waals surface area contributed by atoms with Gasteiger partial charge in [-0.25, -0.2) is 4.79 Å². The topological polar surface area (TPSA) is 52.6 Å². The molecule has 2 aromatic rings. The number of nitrogens with one attached hydrogen (secondary N) is 1. The summed E-state index contributed by atoms with van der Waals surface area (Å²) in [4.78, 5) is 12.5. The van der Waals surface area contributed by atoms with Crippen molar-refractivity contribution in [3.05, 3.63) is 64.2 Å². The predicted molar refractivity (Wildman–Crippen MR) is 102 cm³/mol. The molecular formula is C21H17F9N2O2. The Morgan fingerprint density at radius 2 is 1.44 bits per heavy atom. The van der Waals surface area contributed by atoms with Gasteiger partial charge in [0.05, 0.1) is 22.4 Å². The number of benzene rings is 2. The highest BCUT2D eigenvalue weighted by Gasteiger charge is 2.39. The van der Waals surface area contributed by atoms with E-state index in [1.165, 1.54) is 6.92 Å². The molecule has 0 radical (unpaired) electrons. The number of hydrogen-bond acceptors (Lipinski definition) is 2. The number of nitrogens with zero attached hydrogens (tertiary/aromatic N) is 1. The first-order valence-electron chi connectivity index (χ1n) is 9.73. The van der Waals surface area contributed by atoms with Crippen molar-refractivity contribution in [3.8, 4) is 0 Å². The summed E-state index contributed by atoms with van der Waals surface area (Å²) in [5, 5.41) is 12.2. The van der Waals surface area contributed by atoms with Crippen molar-refractivity contribution in [2.75, 3.05) is 4.90 Å². The van der Waals surface area contributed by atoms with Crippen molar-refractivity contribution in [1.29, 1.82) is 0 Å². The van der Waals surface area contributed by atoms with Crippen molar-refractivity contribution < 1.29 is 49.4 Å². The van der Waals surface area contributed by atoms with E-state index in [0.717, 1.165) is 17.0 Å². The van der Waals surface area contributed by atoms with Crippen LogP contribution in [0.1, 0.15) is 47.2 Å². The molecule has 0 fully saturated rings. The van der Waals surface area contributed by atoms with E-state index >= 15 is 0 Å². The molecule has 0 aromatic heterocycles. The third-order valence-corrected chi connectivity index (χ3v) is 5.41. The number of anilines is 1. The van der Waals surface area contributed by atoms with Crippen LogP contribution >= 0.6 is 0 Å². The average molecular weight is 500 g/mol. The lowest BCUT2D eigenvalue weighted by molar-refractivity contribution is -0.143. The van der Waals surface area contributed by atoms with E-state index in [0.29, 0.717) is 18.2 Å².